The Morgan fingerprint density at radius 2 is 2.00 bits per heavy atom. The first-order chi connectivity index (χ1) is 10.7. The van der Waals surface area contributed by atoms with Crippen LogP contribution >= 0.6 is 0 Å². The molecule has 0 aromatic heterocycles. The molecule has 2 amide bonds. The highest BCUT2D eigenvalue weighted by atomic mass is 16.5. The number of fused-ring (bicyclic) bond motifs is 2. The predicted molar refractivity (Wildman–Crippen MR) is 80.3 cm³/mol. The van der Waals surface area contributed by atoms with Gasteiger partial charge < -0.3 is 4.74 Å². The first-order valence-electron chi connectivity index (χ1n) is 7.33. The maximum Gasteiger partial charge on any atom is 0.519 e. The Morgan fingerprint density at radius 3 is 2.82 bits per heavy atom. The summed E-state index contributed by atoms with van der Waals surface area (Å²) in [7, 11) is 0. The highest BCUT2D eigenvalue weighted by Gasteiger charge is 2.53. The Hall–Kier alpha value is -2.69. The fraction of sp³-hybridized carbons (Fsp3) is 0.235. The first-order valence-corrected chi connectivity index (χ1v) is 7.33. The van der Waals surface area contributed by atoms with Gasteiger partial charge in [0, 0.05) is 0 Å². The van der Waals surface area contributed by atoms with Gasteiger partial charge in [-0.2, -0.15) is 4.79 Å². The van der Waals surface area contributed by atoms with Gasteiger partial charge in [-0.25, -0.2) is 5.32 Å². The number of urea groups is 1. The second-order valence-corrected chi connectivity index (χ2v) is 5.58. The summed E-state index contributed by atoms with van der Waals surface area (Å²) in [6.07, 6.45) is 0.625. The molecule has 4 rings (SSSR count). The van der Waals surface area contributed by atoms with Gasteiger partial charge >= 0.3 is 6.03 Å². The number of amides is 2. The monoisotopic (exact) mass is 294 g/mol. The molecule has 2 aromatic carbocycles. The van der Waals surface area contributed by atoms with Crippen LogP contribution in [0.2, 0.25) is 0 Å². The van der Waals surface area contributed by atoms with Crippen LogP contribution < -0.4 is 10.1 Å². The van der Waals surface area contributed by atoms with E-state index in [-0.39, 0.29) is 6.03 Å². The number of nitrogens with one attached hydrogen (secondary N) is 1. The van der Waals surface area contributed by atoms with E-state index in [1.165, 1.54) is 4.70 Å². The van der Waals surface area contributed by atoms with Gasteiger partial charge in [-0.05, 0) is 30.7 Å². The minimum atomic E-state index is -0.730. The summed E-state index contributed by atoms with van der Waals surface area (Å²) >= 11 is 0. The minimum Gasteiger partial charge on any atom is -0.493 e. The number of aryl methyl sites for hydroxylation is 1. The van der Waals surface area contributed by atoms with E-state index in [4.69, 9.17) is 9.85 Å². The Labute approximate surface area is 128 Å². The van der Waals surface area contributed by atoms with Crippen molar-refractivity contribution >= 4 is 11.7 Å². The standard InChI is InChI=1S/C17H15N3O2/c1-12-6-5-9-14-15(12)17(10-11-22-14)18-16(21)20(19-17)13-7-3-2-4-8-13/h2-9H,10-11H2,1H3/p+1. The zero-order chi connectivity index (χ0) is 15.2. The van der Waals surface area contributed by atoms with Gasteiger partial charge in [-0.15, -0.1) is 0 Å². The molecule has 22 heavy (non-hydrogen) atoms. The smallest absolute Gasteiger partial charge is 0.493 e. The molecule has 5 heteroatoms. The van der Waals surface area contributed by atoms with Gasteiger partial charge in [0.05, 0.1) is 18.6 Å². The summed E-state index contributed by atoms with van der Waals surface area (Å²) in [5.74, 6) is 0.796. The molecule has 2 aliphatic heterocycles. The summed E-state index contributed by atoms with van der Waals surface area (Å²) in [6.45, 7) is 2.55. The third-order valence-electron chi connectivity index (χ3n) is 4.15. The van der Waals surface area contributed by atoms with Crippen molar-refractivity contribution in [2.45, 2.75) is 19.0 Å². The quantitative estimate of drug-likeness (QED) is 0.819. The lowest BCUT2D eigenvalue weighted by Gasteiger charge is -2.28. The SMILES string of the molecule is Cc1cccc2c1C1(CCO2)N=[N+](c2ccccc2)C(=O)N1. The van der Waals surface area contributed by atoms with Crippen LogP contribution in [0, 0.1) is 6.92 Å². The van der Waals surface area contributed by atoms with Crippen molar-refractivity contribution in [2.75, 3.05) is 6.61 Å². The summed E-state index contributed by atoms with van der Waals surface area (Å²) in [5.41, 5.74) is 2.05. The van der Waals surface area contributed by atoms with E-state index in [0.29, 0.717) is 13.0 Å². The lowest BCUT2D eigenvalue weighted by molar-refractivity contribution is -0.404. The van der Waals surface area contributed by atoms with E-state index < -0.39 is 5.66 Å². The molecule has 0 aliphatic carbocycles. The molecule has 110 valence electrons. The van der Waals surface area contributed by atoms with E-state index in [1.807, 2.05) is 55.5 Å². The fourth-order valence-electron chi connectivity index (χ4n) is 3.16. The zero-order valence-electron chi connectivity index (χ0n) is 12.2. The van der Waals surface area contributed by atoms with Crippen LogP contribution in [0.5, 0.6) is 5.75 Å². The average molecular weight is 294 g/mol. The molecule has 0 fully saturated rings. The van der Waals surface area contributed by atoms with Crippen LogP contribution in [0.3, 0.4) is 0 Å². The number of azo groups is 2. The van der Waals surface area contributed by atoms with E-state index in [1.54, 1.807) is 0 Å². The van der Waals surface area contributed by atoms with Crippen LogP contribution in [0.1, 0.15) is 17.5 Å². The first kappa shape index (κ1) is 13.0. The molecule has 1 atom stereocenters. The maximum absolute atomic E-state index is 12.4. The number of rotatable bonds is 1. The lowest BCUT2D eigenvalue weighted by Crippen LogP contribution is -2.43. The van der Waals surface area contributed by atoms with Gasteiger partial charge in [0.2, 0.25) is 0 Å². The second-order valence-electron chi connectivity index (χ2n) is 5.58. The molecular formula is C17H16N3O2+. The number of nitrogens with zero attached hydrogens (tertiary/aromatic N) is 2. The highest BCUT2D eigenvalue weighted by molar-refractivity contribution is 5.71. The molecule has 2 heterocycles. The summed E-state index contributed by atoms with van der Waals surface area (Å²) in [6, 6.07) is 15.2. The number of carbonyl (C=O) groups is 1. The third kappa shape index (κ3) is 1.82. The van der Waals surface area contributed by atoms with E-state index in [0.717, 1.165) is 22.6 Å². The number of carbonyl (C=O) groups excluding carboxylic acids is 1. The van der Waals surface area contributed by atoms with Gasteiger partial charge in [0.25, 0.3) is 5.66 Å². The van der Waals surface area contributed by atoms with E-state index in [9.17, 15) is 4.79 Å². The fourth-order valence-corrected chi connectivity index (χ4v) is 3.16. The Balaban J connectivity index is 1.88. The normalized spacial score (nSPS) is 22.8. The largest absolute Gasteiger partial charge is 0.519 e. The van der Waals surface area contributed by atoms with Crippen LogP contribution in [0.4, 0.5) is 10.5 Å². The van der Waals surface area contributed by atoms with Crippen molar-refractivity contribution in [3.63, 3.8) is 0 Å². The van der Waals surface area contributed by atoms with Crippen LogP contribution in [0.15, 0.2) is 53.6 Å². The van der Waals surface area contributed by atoms with Crippen LogP contribution in [-0.2, 0) is 5.66 Å². The van der Waals surface area contributed by atoms with E-state index >= 15 is 0 Å². The van der Waals surface area contributed by atoms with Gasteiger partial charge in [0.15, 0.2) is 5.69 Å². The van der Waals surface area contributed by atoms with Crippen molar-refractivity contribution in [1.82, 2.24) is 5.32 Å². The maximum atomic E-state index is 12.4. The highest BCUT2D eigenvalue weighted by Crippen LogP contribution is 2.42. The molecule has 1 N–H and O–H groups in total. The minimum absolute atomic E-state index is 0.206. The molecule has 0 saturated carbocycles. The number of benzene rings is 2. The summed E-state index contributed by atoms with van der Waals surface area (Å²) in [5, 5.41) is 7.78. The second kappa shape index (κ2) is 4.66. The Kier molecular flexibility index (Phi) is 2.76. The Bertz CT molecular complexity index is 786. The number of para-hydroxylation sites is 1. The molecular weight excluding hydrogens is 278 g/mol. The lowest BCUT2D eigenvalue weighted by atomic mass is 9.90. The molecule has 1 spiro atoms. The van der Waals surface area contributed by atoms with Crippen molar-refractivity contribution < 1.29 is 14.2 Å². The van der Waals surface area contributed by atoms with Crippen LogP contribution in [0.25, 0.3) is 0 Å². The van der Waals surface area contributed by atoms with Gasteiger partial charge in [-0.1, -0.05) is 40.1 Å². The van der Waals surface area contributed by atoms with Crippen molar-refractivity contribution in [3.8, 4) is 5.75 Å². The van der Waals surface area contributed by atoms with Crippen molar-refractivity contribution in [1.29, 1.82) is 0 Å². The molecule has 2 aromatic rings. The molecule has 0 saturated heterocycles. The number of ether oxygens (including phenoxy) is 1. The third-order valence-corrected chi connectivity index (χ3v) is 4.15. The van der Waals surface area contributed by atoms with Crippen molar-refractivity contribution in [2.24, 2.45) is 5.11 Å². The molecule has 1 unspecified atom stereocenters. The molecule has 2 aliphatic rings. The Morgan fingerprint density at radius 1 is 1.18 bits per heavy atom. The number of hydrogen-bond acceptors (Lipinski definition) is 3. The van der Waals surface area contributed by atoms with Crippen molar-refractivity contribution in [3.05, 3.63) is 59.7 Å². The van der Waals surface area contributed by atoms with Gasteiger partial charge in [0.1, 0.15) is 5.75 Å². The number of hydrogen-bond donors (Lipinski definition) is 1. The molecule has 0 radical (unpaired) electrons. The average Bonchev–Trinajstić information content (AvgIpc) is 2.85. The summed E-state index contributed by atoms with van der Waals surface area (Å²) in [4.78, 5) is 12.4. The summed E-state index contributed by atoms with van der Waals surface area (Å²) < 4.78 is 7.18. The van der Waals surface area contributed by atoms with Crippen LogP contribution in [-0.4, -0.2) is 17.3 Å². The predicted octanol–water partition coefficient (Wildman–Crippen LogP) is 3.45. The molecule has 0 bridgehead atoms. The van der Waals surface area contributed by atoms with E-state index in [2.05, 4.69) is 5.32 Å². The van der Waals surface area contributed by atoms with Gasteiger partial charge in [-0.3, -0.25) is 0 Å². The zero-order valence-corrected chi connectivity index (χ0v) is 12.2. The topological polar surface area (TPSA) is 53.7 Å². The molecule has 5 nitrogen and oxygen atoms in total.